The van der Waals surface area contributed by atoms with Gasteiger partial charge in [-0.25, -0.2) is 4.39 Å². The zero-order chi connectivity index (χ0) is 16.9. The van der Waals surface area contributed by atoms with Gasteiger partial charge in [-0.15, -0.1) is 0 Å². The van der Waals surface area contributed by atoms with Gasteiger partial charge < -0.3 is 9.80 Å². The van der Waals surface area contributed by atoms with Crippen LogP contribution in [-0.2, 0) is 9.59 Å². The van der Waals surface area contributed by atoms with Crippen molar-refractivity contribution in [2.24, 2.45) is 5.92 Å². The minimum Gasteiger partial charge on any atom is -0.339 e. The van der Waals surface area contributed by atoms with Crippen molar-refractivity contribution in [2.45, 2.75) is 25.7 Å². The fourth-order valence-electron chi connectivity index (χ4n) is 3.42. The molecule has 2 amide bonds. The van der Waals surface area contributed by atoms with Crippen LogP contribution in [0, 0.1) is 11.7 Å². The molecule has 0 spiro atoms. The van der Waals surface area contributed by atoms with E-state index in [2.05, 4.69) is 0 Å². The molecule has 0 unspecified atom stereocenters. The highest BCUT2D eigenvalue weighted by Crippen LogP contribution is 2.26. The summed E-state index contributed by atoms with van der Waals surface area (Å²) >= 11 is 0. The van der Waals surface area contributed by atoms with Crippen molar-refractivity contribution in [3.05, 3.63) is 41.7 Å². The third-order valence-corrected chi connectivity index (χ3v) is 4.90. The van der Waals surface area contributed by atoms with Crippen LogP contribution in [-0.4, -0.2) is 47.8 Å². The van der Waals surface area contributed by atoms with Crippen LogP contribution in [0.1, 0.15) is 31.2 Å². The molecular formula is C19H23FN2O2. The molecule has 24 heavy (non-hydrogen) atoms. The molecule has 0 N–H and O–H groups in total. The van der Waals surface area contributed by atoms with E-state index in [9.17, 15) is 14.0 Å². The number of carbonyl (C=O) groups is 2. The van der Waals surface area contributed by atoms with E-state index in [0.29, 0.717) is 26.2 Å². The first-order valence-electron chi connectivity index (χ1n) is 8.65. The molecule has 0 bridgehead atoms. The van der Waals surface area contributed by atoms with Crippen LogP contribution in [0.15, 0.2) is 30.3 Å². The van der Waals surface area contributed by atoms with Crippen molar-refractivity contribution < 1.29 is 14.0 Å². The molecule has 3 rings (SSSR count). The van der Waals surface area contributed by atoms with Gasteiger partial charge in [0.05, 0.1) is 0 Å². The maximum Gasteiger partial charge on any atom is 0.246 e. The summed E-state index contributed by atoms with van der Waals surface area (Å²) < 4.78 is 12.9. The molecule has 1 aliphatic heterocycles. The van der Waals surface area contributed by atoms with E-state index in [1.807, 2.05) is 4.90 Å². The third-order valence-electron chi connectivity index (χ3n) is 4.90. The number of piperazine rings is 1. The van der Waals surface area contributed by atoms with E-state index in [-0.39, 0.29) is 23.5 Å². The molecule has 1 aliphatic carbocycles. The minimum absolute atomic E-state index is 0.0627. The normalized spacial score (nSPS) is 19.2. The Hall–Kier alpha value is -2.17. The second-order valence-electron chi connectivity index (χ2n) is 6.52. The number of amides is 2. The summed E-state index contributed by atoms with van der Waals surface area (Å²) in [6, 6.07) is 6.02. The average molecular weight is 330 g/mol. The van der Waals surface area contributed by atoms with Crippen molar-refractivity contribution in [3.63, 3.8) is 0 Å². The number of nitrogens with zero attached hydrogens (tertiary/aromatic N) is 2. The van der Waals surface area contributed by atoms with Crippen molar-refractivity contribution in [2.75, 3.05) is 26.2 Å². The Morgan fingerprint density at radius 3 is 2.17 bits per heavy atom. The van der Waals surface area contributed by atoms with Crippen molar-refractivity contribution >= 4 is 17.9 Å². The Morgan fingerprint density at radius 2 is 1.54 bits per heavy atom. The minimum atomic E-state index is -0.290. The Bertz CT molecular complexity index is 613. The van der Waals surface area contributed by atoms with Crippen molar-refractivity contribution in [1.29, 1.82) is 0 Å². The highest BCUT2D eigenvalue weighted by Gasteiger charge is 2.29. The number of rotatable bonds is 3. The Morgan fingerprint density at radius 1 is 0.958 bits per heavy atom. The maximum absolute atomic E-state index is 12.9. The lowest BCUT2D eigenvalue weighted by atomic mass is 10.1. The van der Waals surface area contributed by atoms with Gasteiger partial charge in [0.1, 0.15) is 5.82 Å². The Kier molecular flexibility index (Phi) is 5.28. The van der Waals surface area contributed by atoms with Crippen LogP contribution in [0.25, 0.3) is 6.08 Å². The van der Waals surface area contributed by atoms with Gasteiger partial charge in [-0.05, 0) is 36.6 Å². The second-order valence-corrected chi connectivity index (χ2v) is 6.52. The van der Waals surface area contributed by atoms with E-state index in [4.69, 9.17) is 0 Å². The van der Waals surface area contributed by atoms with Crippen molar-refractivity contribution in [1.82, 2.24) is 9.80 Å². The number of hydrogen-bond donors (Lipinski definition) is 0. The van der Waals surface area contributed by atoms with Crippen LogP contribution in [0.3, 0.4) is 0 Å². The summed E-state index contributed by atoms with van der Waals surface area (Å²) in [5.41, 5.74) is 0.791. The van der Waals surface area contributed by atoms with E-state index < -0.39 is 0 Å². The smallest absolute Gasteiger partial charge is 0.246 e. The molecule has 128 valence electrons. The zero-order valence-electron chi connectivity index (χ0n) is 13.8. The van der Waals surface area contributed by atoms with Gasteiger partial charge in [0.2, 0.25) is 11.8 Å². The van der Waals surface area contributed by atoms with Gasteiger partial charge in [0.25, 0.3) is 0 Å². The lowest BCUT2D eigenvalue weighted by Crippen LogP contribution is -2.51. The molecule has 1 aromatic carbocycles. The van der Waals surface area contributed by atoms with Crippen LogP contribution >= 0.6 is 0 Å². The summed E-state index contributed by atoms with van der Waals surface area (Å²) in [6.07, 6.45) is 7.54. The SMILES string of the molecule is O=C(/C=C/c1ccc(F)cc1)N1CCN(C(=O)C2CCCC2)CC1. The molecule has 0 radical (unpaired) electrons. The molecule has 2 aliphatic rings. The summed E-state index contributed by atoms with van der Waals surface area (Å²) in [6.45, 7) is 2.38. The summed E-state index contributed by atoms with van der Waals surface area (Å²) in [4.78, 5) is 28.3. The predicted molar refractivity (Wildman–Crippen MR) is 90.6 cm³/mol. The molecule has 4 nitrogen and oxygen atoms in total. The van der Waals surface area contributed by atoms with Crippen molar-refractivity contribution in [3.8, 4) is 0 Å². The van der Waals surface area contributed by atoms with E-state index in [0.717, 1.165) is 31.2 Å². The van der Waals surface area contributed by atoms with Gasteiger partial charge >= 0.3 is 0 Å². The summed E-state index contributed by atoms with van der Waals surface area (Å²) in [7, 11) is 0. The highest BCUT2D eigenvalue weighted by molar-refractivity contribution is 5.92. The summed E-state index contributed by atoms with van der Waals surface area (Å²) in [5.74, 6) is 0.112. The standard InChI is InChI=1S/C19H23FN2O2/c20-17-8-5-15(6-9-17)7-10-18(23)21-11-13-22(14-12-21)19(24)16-3-1-2-4-16/h5-10,16H,1-4,11-14H2/b10-7+. The zero-order valence-corrected chi connectivity index (χ0v) is 13.8. The lowest BCUT2D eigenvalue weighted by molar-refractivity contribution is -0.140. The first-order chi connectivity index (χ1) is 11.6. The van der Waals surface area contributed by atoms with E-state index in [1.165, 1.54) is 18.2 Å². The number of carbonyl (C=O) groups excluding carboxylic acids is 2. The molecule has 0 aromatic heterocycles. The Balaban J connectivity index is 1.49. The molecule has 1 saturated carbocycles. The first kappa shape index (κ1) is 16.7. The quantitative estimate of drug-likeness (QED) is 0.800. The second kappa shape index (κ2) is 7.60. The maximum atomic E-state index is 12.9. The third kappa shape index (κ3) is 4.02. The Labute approximate surface area is 141 Å². The van der Waals surface area contributed by atoms with Gasteiger partial charge in [0, 0.05) is 38.2 Å². The van der Waals surface area contributed by atoms with E-state index in [1.54, 1.807) is 23.1 Å². The average Bonchev–Trinajstić information content (AvgIpc) is 3.15. The number of halogens is 1. The van der Waals surface area contributed by atoms with E-state index >= 15 is 0 Å². The van der Waals surface area contributed by atoms with Crippen LogP contribution in [0.2, 0.25) is 0 Å². The molecule has 0 atom stereocenters. The highest BCUT2D eigenvalue weighted by atomic mass is 19.1. The number of benzene rings is 1. The largest absolute Gasteiger partial charge is 0.339 e. The van der Waals surface area contributed by atoms with Gasteiger partial charge in [-0.2, -0.15) is 0 Å². The summed E-state index contributed by atoms with van der Waals surface area (Å²) in [5, 5.41) is 0. The fourth-order valence-corrected chi connectivity index (χ4v) is 3.42. The van der Waals surface area contributed by atoms with Crippen LogP contribution in [0.5, 0.6) is 0 Å². The lowest BCUT2D eigenvalue weighted by Gasteiger charge is -2.35. The predicted octanol–water partition coefficient (Wildman–Crippen LogP) is 2.70. The van der Waals surface area contributed by atoms with Gasteiger partial charge in [-0.3, -0.25) is 9.59 Å². The fraction of sp³-hybridized carbons (Fsp3) is 0.474. The van der Waals surface area contributed by atoms with Gasteiger partial charge in [-0.1, -0.05) is 25.0 Å². The number of hydrogen-bond acceptors (Lipinski definition) is 2. The monoisotopic (exact) mass is 330 g/mol. The molecule has 5 heteroatoms. The molecule has 1 saturated heterocycles. The molecule has 2 fully saturated rings. The topological polar surface area (TPSA) is 40.6 Å². The molecule has 1 heterocycles. The van der Waals surface area contributed by atoms with Crippen LogP contribution < -0.4 is 0 Å². The molecule has 1 aromatic rings. The van der Waals surface area contributed by atoms with Gasteiger partial charge in [0.15, 0.2) is 0 Å². The molecular weight excluding hydrogens is 307 g/mol. The van der Waals surface area contributed by atoms with Crippen LogP contribution in [0.4, 0.5) is 4.39 Å². The first-order valence-corrected chi connectivity index (χ1v) is 8.65.